The van der Waals surface area contributed by atoms with E-state index >= 15 is 0 Å². The summed E-state index contributed by atoms with van der Waals surface area (Å²) in [5, 5.41) is 7.71. The summed E-state index contributed by atoms with van der Waals surface area (Å²) in [5.74, 6) is 1.36. The van der Waals surface area contributed by atoms with Crippen LogP contribution in [-0.2, 0) is 0 Å². The summed E-state index contributed by atoms with van der Waals surface area (Å²) in [6.45, 7) is 4.85. The zero-order valence-electron chi connectivity index (χ0n) is 9.27. The van der Waals surface area contributed by atoms with Gasteiger partial charge >= 0.3 is 0 Å². The molecule has 0 radical (unpaired) electrons. The van der Waals surface area contributed by atoms with Crippen molar-refractivity contribution < 1.29 is 4.74 Å². The maximum absolute atomic E-state index is 5.74. The lowest BCUT2D eigenvalue weighted by atomic mass is 10.2. The van der Waals surface area contributed by atoms with Gasteiger partial charge in [-0.2, -0.15) is 0 Å². The molecule has 0 saturated carbocycles. The van der Waals surface area contributed by atoms with Crippen molar-refractivity contribution in [2.45, 2.75) is 13.8 Å². The Morgan fingerprint density at radius 2 is 2.20 bits per heavy atom. The third-order valence-electron chi connectivity index (χ3n) is 1.74. The highest BCUT2D eigenvalue weighted by atomic mass is 16.5. The molecule has 82 valence electrons. The van der Waals surface area contributed by atoms with Gasteiger partial charge in [0, 0.05) is 12.6 Å². The number of aliphatic imine (C=N–C) groups is 1. The summed E-state index contributed by atoms with van der Waals surface area (Å²) in [6.07, 6.45) is 0. The molecule has 0 aromatic carbocycles. The van der Waals surface area contributed by atoms with Crippen LogP contribution in [0, 0.1) is 5.92 Å². The molecule has 0 bridgehead atoms. The second-order valence-corrected chi connectivity index (χ2v) is 3.58. The number of nitrogens with zero attached hydrogens (tertiary/aromatic N) is 3. The van der Waals surface area contributed by atoms with Crippen LogP contribution in [0.4, 0.5) is 0 Å². The first-order chi connectivity index (χ1) is 7.13. The summed E-state index contributed by atoms with van der Waals surface area (Å²) in [7, 11) is 1.54. The average Bonchev–Trinajstić information content (AvgIpc) is 2.26. The van der Waals surface area contributed by atoms with Gasteiger partial charge in [0.2, 0.25) is 5.88 Å². The second-order valence-electron chi connectivity index (χ2n) is 3.58. The Morgan fingerprint density at radius 3 is 2.67 bits per heavy atom. The summed E-state index contributed by atoms with van der Waals surface area (Å²) in [6, 6.07) is 3.45. The third kappa shape index (κ3) is 3.53. The first-order valence-electron chi connectivity index (χ1n) is 4.81. The Bertz CT molecular complexity index is 332. The van der Waals surface area contributed by atoms with Crippen LogP contribution in [0.15, 0.2) is 17.1 Å². The van der Waals surface area contributed by atoms with Crippen molar-refractivity contribution in [3.8, 4) is 5.88 Å². The molecule has 0 unspecified atom stereocenters. The molecular weight excluding hydrogens is 192 g/mol. The Kier molecular flexibility index (Phi) is 4.03. The number of nitrogens with two attached hydrogens (primary N) is 1. The van der Waals surface area contributed by atoms with Crippen molar-refractivity contribution >= 4 is 5.84 Å². The van der Waals surface area contributed by atoms with E-state index in [9.17, 15) is 0 Å². The Hall–Kier alpha value is -1.65. The van der Waals surface area contributed by atoms with Crippen molar-refractivity contribution in [2.75, 3.05) is 13.7 Å². The zero-order valence-corrected chi connectivity index (χ0v) is 9.27. The van der Waals surface area contributed by atoms with Gasteiger partial charge in [0.25, 0.3) is 0 Å². The number of aromatic nitrogens is 2. The van der Waals surface area contributed by atoms with Gasteiger partial charge in [0.1, 0.15) is 11.5 Å². The molecule has 0 fully saturated rings. The van der Waals surface area contributed by atoms with Crippen LogP contribution >= 0.6 is 0 Å². The monoisotopic (exact) mass is 208 g/mol. The molecule has 2 N–H and O–H groups in total. The number of ether oxygens (including phenoxy) is 1. The summed E-state index contributed by atoms with van der Waals surface area (Å²) in [4.78, 5) is 4.20. The SMILES string of the molecule is COc1ccc(C(N)=NCC(C)C)nn1. The molecule has 0 aliphatic carbocycles. The molecule has 1 heterocycles. The van der Waals surface area contributed by atoms with Crippen LogP contribution in [0.1, 0.15) is 19.5 Å². The molecule has 5 nitrogen and oxygen atoms in total. The van der Waals surface area contributed by atoms with Crippen LogP contribution in [-0.4, -0.2) is 29.7 Å². The smallest absolute Gasteiger partial charge is 0.233 e. The molecule has 15 heavy (non-hydrogen) atoms. The van der Waals surface area contributed by atoms with E-state index in [0.717, 1.165) is 0 Å². The van der Waals surface area contributed by atoms with Crippen LogP contribution in [0.2, 0.25) is 0 Å². The molecule has 0 aliphatic rings. The van der Waals surface area contributed by atoms with Gasteiger partial charge in [0.15, 0.2) is 0 Å². The first-order valence-corrected chi connectivity index (χ1v) is 4.81. The van der Waals surface area contributed by atoms with Gasteiger partial charge in [-0.3, -0.25) is 4.99 Å². The van der Waals surface area contributed by atoms with Gasteiger partial charge in [-0.15, -0.1) is 10.2 Å². The molecule has 0 amide bonds. The van der Waals surface area contributed by atoms with E-state index in [2.05, 4.69) is 29.0 Å². The van der Waals surface area contributed by atoms with E-state index in [1.807, 2.05) is 0 Å². The third-order valence-corrected chi connectivity index (χ3v) is 1.74. The lowest BCUT2D eigenvalue weighted by Crippen LogP contribution is -2.17. The van der Waals surface area contributed by atoms with Gasteiger partial charge < -0.3 is 10.5 Å². The lowest BCUT2D eigenvalue weighted by Gasteiger charge is -2.02. The number of rotatable bonds is 4. The molecule has 5 heteroatoms. The normalized spacial score (nSPS) is 11.9. The number of hydrogen-bond donors (Lipinski definition) is 1. The fourth-order valence-electron chi connectivity index (χ4n) is 0.927. The van der Waals surface area contributed by atoms with Crippen LogP contribution in [0.5, 0.6) is 5.88 Å². The molecule has 0 aliphatic heterocycles. The molecule has 1 rings (SSSR count). The van der Waals surface area contributed by atoms with E-state index in [4.69, 9.17) is 10.5 Å². The largest absolute Gasteiger partial charge is 0.480 e. The maximum Gasteiger partial charge on any atom is 0.233 e. The fraction of sp³-hybridized carbons (Fsp3) is 0.500. The number of methoxy groups -OCH3 is 1. The predicted molar refractivity (Wildman–Crippen MR) is 59.0 cm³/mol. The zero-order chi connectivity index (χ0) is 11.3. The number of hydrogen-bond acceptors (Lipinski definition) is 4. The van der Waals surface area contributed by atoms with E-state index in [-0.39, 0.29) is 0 Å². The minimum atomic E-state index is 0.416. The highest BCUT2D eigenvalue weighted by Gasteiger charge is 2.02. The quantitative estimate of drug-likeness (QED) is 0.588. The van der Waals surface area contributed by atoms with Crippen LogP contribution in [0.25, 0.3) is 0 Å². The highest BCUT2D eigenvalue weighted by molar-refractivity contribution is 5.95. The summed E-state index contributed by atoms with van der Waals surface area (Å²) in [5.41, 5.74) is 6.32. The van der Waals surface area contributed by atoms with E-state index in [0.29, 0.717) is 29.9 Å². The molecule has 0 atom stereocenters. The predicted octanol–water partition coefficient (Wildman–Crippen LogP) is 0.846. The number of amidine groups is 1. The van der Waals surface area contributed by atoms with Gasteiger partial charge in [-0.05, 0) is 12.0 Å². The first kappa shape index (κ1) is 11.4. The fourth-order valence-corrected chi connectivity index (χ4v) is 0.927. The van der Waals surface area contributed by atoms with E-state index in [1.54, 1.807) is 19.2 Å². The van der Waals surface area contributed by atoms with Gasteiger partial charge in [-0.25, -0.2) is 0 Å². The Labute approximate surface area is 89.4 Å². The van der Waals surface area contributed by atoms with Crippen molar-refractivity contribution in [3.05, 3.63) is 17.8 Å². The van der Waals surface area contributed by atoms with Crippen molar-refractivity contribution in [2.24, 2.45) is 16.6 Å². The van der Waals surface area contributed by atoms with Crippen molar-refractivity contribution in [3.63, 3.8) is 0 Å². The summed E-state index contributed by atoms with van der Waals surface area (Å²) < 4.78 is 4.89. The molecule has 0 spiro atoms. The summed E-state index contributed by atoms with van der Waals surface area (Å²) >= 11 is 0. The topological polar surface area (TPSA) is 73.4 Å². The highest BCUT2D eigenvalue weighted by Crippen LogP contribution is 2.03. The lowest BCUT2D eigenvalue weighted by molar-refractivity contribution is 0.392. The van der Waals surface area contributed by atoms with Crippen molar-refractivity contribution in [1.29, 1.82) is 0 Å². The molecule has 0 saturated heterocycles. The maximum atomic E-state index is 5.74. The van der Waals surface area contributed by atoms with E-state index < -0.39 is 0 Å². The second kappa shape index (κ2) is 5.29. The standard InChI is InChI=1S/C10H16N4O/c1-7(2)6-12-10(11)8-4-5-9(15-3)14-13-8/h4-5,7H,6H2,1-3H3,(H2,11,12). The van der Waals surface area contributed by atoms with Gasteiger partial charge in [0.05, 0.1) is 7.11 Å². The van der Waals surface area contributed by atoms with Gasteiger partial charge in [-0.1, -0.05) is 13.8 Å². The molecule has 1 aromatic heterocycles. The average molecular weight is 208 g/mol. The van der Waals surface area contributed by atoms with Crippen molar-refractivity contribution in [1.82, 2.24) is 10.2 Å². The van der Waals surface area contributed by atoms with Crippen LogP contribution in [0.3, 0.4) is 0 Å². The Balaban J connectivity index is 2.73. The minimum Gasteiger partial charge on any atom is -0.480 e. The minimum absolute atomic E-state index is 0.416. The van der Waals surface area contributed by atoms with Crippen LogP contribution < -0.4 is 10.5 Å². The van der Waals surface area contributed by atoms with E-state index in [1.165, 1.54) is 0 Å². The Morgan fingerprint density at radius 1 is 1.47 bits per heavy atom. The molecular formula is C10H16N4O. The molecule has 1 aromatic rings.